The molecule has 1 unspecified atom stereocenters. The van der Waals surface area contributed by atoms with Crippen molar-refractivity contribution < 1.29 is 11.0 Å². The second-order valence-electron chi connectivity index (χ2n) is 2.53. The van der Waals surface area contributed by atoms with E-state index in [2.05, 4.69) is 6.58 Å². The van der Waals surface area contributed by atoms with Gasteiger partial charge in [0.1, 0.15) is 0 Å². The van der Waals surface area contributed by atoms with Crippen LogP contribution in [0.3, 0.4) is 0 Å². The summed E-state index contributed by atoms with van der Waals surface area (Å²) < 4.78 is 6.84. The molecule has 62 valence electrons. The molecule has 0 bridgehead atoms. The average Bonchev–Trinajstić information content (AvgIpc) is 2.08. The van der Waals surface area contributed by atoms with Crippen molar-refractivity contribution in [1.82, 2.24) is 5.32 Å². The van der Waals surface area contributed by atoms with Crippen LogP contribution in [0.1, 0.15) is 28.0 Å². The topological polar surface area (TPSA) is 46.2 Å². The maximum atomic E-state index is 10.3. The van der Waals surface area contributed by atoms with Crippen LogP contribution in [-0.2, 0) is 9.59 Å². The molecule has 11 heavy (non-hydrogen) atoms. The first-order valence-electron chi connectivity index (χ1n) is 3.89. The Balaban J connectivity index is 0.000000261. The Labute approximate surface area is 67.9 Å². The highest BCUT2D eigenvalue weighted by Crippen LogP contribution is 1.95. The van der Waals surface area contributed by atoms with Gasteiger partial charge in [0.2, 0.25) is 11.8 Å². The molecule has 0 aromatic carbocycles. The zero-order chi connectivity index (χ0) is 9.72. The van der Waals surface area contributed by atoms with Crippen molar-refractivity contribution in [2.45, 2.75) is 26.7 Å². The molecule has 0 aromatic rings. The highest BCUT2D eigenvalue weighted by molar-refractivity contribution is 6.01. The third-order valence-electron chi connectivity index (χ3n) is 0.735. The second-order valence-corrected chi connectivity index (χ2v) is 2.53. The Morgan fingerprint density at radius 2 is 2.00 bits per heavy atom. The fourth-order valence-corrected chi connectivity index (χ4v) is 0.425. The lowest BCUT2D eigenvalue weighted by molar-refractivity contribution is -0.124. The van der Waals surface area contributed by atoms with Gasteiger partial charge in [-0.1, -0.05) is 5.57 Å². The van der Waals surface area contributed by atoms with Crippen molar-refractivity contribution in [3.05, 3.63) is 12.2 Å². The van der Waals surface area contributed by atoms with E-state index >= 15 is 0 Å². The van der Waals surface area contributed by atoms with Crippen LogP contribution in [0.25, 0.3) is 0 Å². The van der Waals surface area contributed by atoms with Crippen LogP contribution in [0, 0.1) is 0 Å². The van der Waals surface area contributed by atoms with Gasteiger partial charge in [0.25, 0.3) is 0 Å². The van der Waals surface area contributed by atoms with Crippen molar-refractivity contribution in [2.75, 3.05) is 0 Å². The van der Waals surface area contributed by atoms with Crippen LogP contribution in [0.5, 0.6) is 0 Å². The van der Waals surface area contributed by atoms with Gasteiger partial charge in [-0.3, -0.25) is 14.9 Å². The second kappa shape index (κ2) is 4.66. The molecule has 2 amide bonds. The van der Waals surface area contributed by atoms with Crippen LogP contribution >= 0.6 is 0 Å². The molecular formula is C8H13NO2. The van der Waals surface area contributed by atoms with E-state index in [1.54, 1.807) is 0 Å². The van der Waals surface area contributed by atoms with Crippen LogP contribution in [-0.4, -0.2) is 11.8 Å². The summed E-state index contributed by atoms with van der Waals surface area (Å²) in [7, 11) is 0. The van der Waals surface area contributed by atoms with Crippen LogP contribution in [0.4, 0.5) is 0 Å². The zero-order valence-corrected chi connectivity index (χ0v) is 6.81. The number of amides is 2. The molecule has 1 aliphatic rings. The predicted octanol–water partition coefficient (Wildman–Crippen LogP) is 1.01. The Kier molecular flexibility index (Phi) is 3.38. The SMILES string of the molecule is C=C(C)C.[2H]C1CC(=O)NC1=O. The molecule has 1 saturated heterocycles. The summed E-state index contributed by atoms with van der Waals surface area (Å²) >= 11 is 0. The van der Waals surface area contributed by atoms with E-state index in [4.69, 9.17) is 1.37 Å². The highest BCUT2D eigenvalue weighted by Gasteiger charge is 2.15. The quantitative estimate of drug-likeness (QED) is 0.420. The van der Waals surface area contributed by atoms with Crippen molar-refractivity contribution in [3.8, 4) is 0 Å². The smallest absolute Gasteiger partial charge is 0.227 e. The average molecular weight is 156 g/mol. The predicted molar refractivity (Wildman–Crippen MR) is 42.9 cm³/mol. The van der Waals surface area contributed by atoms with Crippen LogP contribution < -0.4 is 5.32 Å². The normalized spacial score (nSPS) is 23.1. The number of rotatable bonds is 0. The van der Waals surface area contributed by atoms with Gasteiger partial charge in [-0.05, 0) is 13.8 Å². The molecule has 3 heteroatoms. The summed E-state index contributed by atoms with van der Waals surface area (Å²) in [6.45, 7) is 7.50. The summed E-state index contributed by atoms with van der Waals surface area (Å²) in [5.74, 6) is -0.815. The monoisotopic (exact) mass is 156 g/mol. The summed E-state index contributed by atoms with van der Waals surface area (Å²) in [6.07, 6.45) is -0.832. The number of hydrogen-bond acceptors (Lipinski definition) is 2. The van der Waals surface area contributed by atoms with E-state index in [1.807, 2.05) is 19.2 Å². The van der Waals surface area contributed by atoms with Gasteiger partial charge in [-0.15, -0.1) is 6.58 Å². The lowest BCUT2D eigenvalue weighted by Crippen LogP contribution is -2.18. The minimum Gasteiger partial charge on any atom is -0.296 e. The molecule has 1 N–H and O–H groups in total. The molecule has 3 nitrogen and oxygen atoms in total. The molecule has 0 saturated carbocycles. The minimum atomic E-state index is -0.859. The van der Waals surface area contributed by atoms with Crippen molar-refractivity contribution >= 4 is 11.8 Å². The van der Waals surface area contributed by atoms with Gasteiger partial charge in [0, 0.05) is 14.2 Å². The first-order valence-corrected chi connectivity index (χ1v) is 3.31. The Morgan fingerprint density at radius 1 is 1.55 bits per heavy atom. The molecule has 1 aliphatic heterocycles. The first-order chi connectivity index (χ1) is 5.43. The number of allylic oxidation sites excluding steroid dienone is 1. The molecule has 0 aromatic heterocycles. The molecule has 1 atom stereocenters. The van der Waals surface area contributed by atoms with Crippen LogP contribution in [0.15, 0.2) is 12.2 Å². The fourth-order valence-electron chi connectivity index (χ4n) is 0.425. The molecular weight excluding hydrogens is 142 g/mol. The Hall–Kier alpha value is -1.12. The van der Waals surface area contributed by atoms with E-state index < -0.39 is 12.3 Å². The minimum absolute atomic E-state index is 0.0266. The molecule has 0 spiro atoms. The molecule has 1 fully saturated rings. The lowest BCUT2D eigenvalue weighted by Gasteiger charge is -1.79. The van der Waals surface area contributed by atoms with E-state index in [0.717, 1.165) is 0 Å². The van der Waals surface area contributed by atoms with Crippen molar-refractivity contribution in [1.29, 1.82) is 0 Å². The summed E-state index contributed by atoms with van der Waals surface area (Å²) in [5, 5.41) is 2.00. The van der Waals surface area contributed by atoms with Gasteiger partial charge >= 0.3 is 0 Å². The number of hydrogen-bond donors (Lipinski definition) is 1. The maximum absolute atomic E-state index is 10.3. The number of carbonyl (C=O) groups excluding carboxylic acids is 2. The van der Waals surface area contributed by atoms with Gasteiger partial charge in [0.15, 0.2) is 0 Å². The van der Waals surface area contributed by atoms with E-state index in [-0.39, 0.29) is 12.3 Å². The molecule has 0 aliphatic carbocycles. The van der Waals surface area contributed by atoms with Gasteiger partial charge < -0.3 is 0 Å². The van der Waals surface area contributed by atoms with E-state index in [0.29, 0.717) is 0 Å². The van der Waals surface area contributed by atoms with E-state index in [1.165, 1.54) is 5.57 Å². The van der Waals surface area contributed by atoms with Crippen molar-refractivity contribution in [3.63, 3.8) is 0 Å². The van der Waals surface area contributed by atoms with Gasteiger partial charge in [-0.2, -0.15) is 0 Å². The third-order valence-corrected chi connectivity index (χ3v) is 0.735. The third kappa shape index (κ3) is 6.77. The summed E-state index contributed by atoms with van der Waals surface area (Å²) in [5.41, 5.74) is 1.17. The number of nitrogens with one attached hydrogen (secondary N) is 1. The van der Waals surface area contributed by atoms with E-state index in [9.17, 15) is 9.59 Å². The van der Waals surface area contributed by atoms with Gasteiger partial charge in [0.05, 0.1) is 0 Å². The molecule has 1 heterocycles. The van der Waals surface area contributed by atoms with Crippen molar-refractivity contribution in [2.24, 2.45) is 0 Å². The molecule has 1 rings (SSSR count). The first kappa shape index (κ1) is 7.98. The lowest BCUT2D eigenvalue weighted by atomic mass is 10.4. The molecule has 0 radical (unpaired) electrons. The number of carbonyl (C=O) groups is 2. The zero-order valence-electron chi connectivity index (χ0n) is 7.81. The maximum Gasteiger partial charge on any atom is 0.227 e. The largest absolute Gasteiger partial charge is 0.296 e. The number of imide groups is 1. The Bertz CT molecular complexity index is 209. The van der Waals surface area contributed by atoms with Gasteiger partial charge in [-0.25, -0.2) is 0 Å². The van der Waals surface area contributed by atoms with Crippen LogP contribution in [0.2, 0.25) is 0 Å². The summed E-state index contributed by atoms with van der Waals surface area (Å²) in [4.78, 5) is 20.5. The summed E-state index contributed by atoms with van der Waals surface area (Å²) in [6, 6.07) is 0. The fraction of sp³-hybridized carbons (Fsp3) is 0.500. The standard InChI is InChI=1S/C4H5NO2.C4H8/c6-3-1-2-4(7)5-3;1-4(2)3/h1-2H2,(H,5,6,7);1H2,2-3H3/i1D;. The highest BCUT2D eigenvalue weighted by atomic mass is 16.2. The Morgan fingerprint density at radius 3 is 2.09 bits per heavy atom.